The second-order valence-electron chi connectivity index (χ2n) is 6.25. The first kappa shape index (κ1) is 18.5. The van der Waals surface area contributed by atoms with Gasteiger partial charge in [0.2, 0.25) is 11.8 Å². The molecule has 2 amide bonds. The number of benzene rings is 1. The lowest BCUT2D eigenvalue weighted by Crippen LogP contribution is -2.42. The average Bonchev–Trinajstić information content (AvgIpc) is 2.97. The van der Waals surface area contributed by atoms with Crippen LogP contribution in [0, 0.1) is 5.92 Å². The SMILES string of the molecule is O=C(NCCN1CCOCC1)C1CC(=O)N(c2ccc(Cl)cc2Cl)C1. The van der Waals surface area contributed by atoms with Gasteiger partial charge in [-0.25, -0.2) is 0 Å². The standard InChI is InChI=1S/C17H21Cl2N3O3/c18-13-1-2-15(14(19)10-13)22-11-12(9-16(22)23)17(24)20-3-4-21-5-7-25-8-6-21/h1-2,10,12H,3-9,11H2,(H,20,24). The minimum atomic E-state index is -0.357. The Kier molecular flexibility index (Phi) is 6.17. The molecule has 8 heteroatoms. The maximum absolute atomic E-state index is 12.4. The van der Waals surface area contributed by atoms with Crippen LogP contribution in [0.3, 0.4) is 0 Å². The second-order valence-corrected chi connectivity index (χ2v) is 7.09. The highest BCUT2D eigenvalue weighted by atomic mass is 35.5. The van der Waals surface area contributed by atoms with Crippen LogP contribution in [-0.4, -0.2) is 62.7 Å². The molecular weight excluding hydrogens is 365 g/mol. The Hall–Kier alpha value is -1.34. The average molecular weight is 386 g/mol. The van der Waals surface area contributed by atoms with Crippen LogP contribution < -0.4 is 10.2 Å². The van der Waals surface area contributed by atoms with E-state index in [4.69, 9.17) is 27.9 Å². The van der Waals surface area contributed by atoms with E-state index in [0.29, 0.717) is 28.8 Å². The molecule has 0 aliphatic carbocycles. The van der Waals surface area contributed by atoms with Crippen LogP contribution >= 0.6 is 23.2 Å². The van der Waals surface area contributed by atoms with Gasteiger partial charge in [0, 0.05) is 44.2 Å². The Morgan fingerprint density at radius 1 is 1.28 bits per heavy atom. The van der Waals surface area contributed by atoms with E-state index in [1.54, 1.807) is 23.1 Å². The van der Waals surface area contributed by atoms with Crippen molar-refractivity contribution in [1.29, 1.82) is 0 Å². The highest BCUT2D eigenvalue weighted by molar-refractivity contribution is 6.36. The number of hydrogen-bond acceptors (Lipinski definition) is 4. The molecule has 0 bridgehead atoms. The maximum atomic E-state index is 12.4. The van der Waals surface area contributed by atoms with E-state index >= 15 is 0 Å². The van der Waals surface area contributed by atoms with Crippen molar-refractivity contribution < 1.29 is 14.3 Å². The zero-order valence-electron chi connectivity index (χ0n) is 13.8. The summed E-state index contributed by atoms with van der Waals surface area (Å²) in [6, 6.07) is 4.99. The van der Waals surface area contributed by atoms with Crippen LogP contribution in [0.4, 0.5) is 5.69 Å². The van der Waals surface area contributed by atoms with Crippen molar-refractivity contribution in [3.8, 4) is 0 Å². The van der Waals surface area contributed by atoms with Gasteiger partial charge in [-0.3, -0.25) is 14.5 Å². The zero-order chi connectivity index (χ0) is 17.8. The molecule has 1 N–H and O–H groups in total. The second kappa shape index (κ2) is 8.36. The number of rotatable bonds is 5. The summed E-state index contributed by atoms with van der Waals surface area (Å²) in [4.78, 5) is 28.5. The Bertz CT molecular complexity index is 650. The lowest BCUT2D eigenvalue weighted by atomic mass is 10.1. The number of ether oxygens (including phenoxy) is 1. The van der Waals surface area contributed by atoms with E-state index in [1.807, 2.05) is 0 Å². The van der Waals surface area contributed by atoms with Crippen molar-refractivity contribution in [2.75, 3.05) is 50.8 Å². The van der Waals surface area contributed by atoms with E-state index in [-0.39, 0.29) is 24.2 Å². The molecule has 2 fully saturated rings. The van der Waals surface area contributed by atoms with Crippen molar-refractivity contribution >= 4 is 40.7 Å². The van der Waals surface area contributed by atoms with Crippen molar-refractivity contribution in [2.45, 2.75) is 6.42 Å². The summed E-state index contributed by atoms with van der Waals surface area (Å²) < 4.78 is 5.30. The van der Waals surface area contributed by atoms with Gasteiger partial charge < -0.3 is 15.0 Å². The van der Waals surface area contributed by atoms with Gasteiger partial charge in [0.15, 0.2) is 0 Å². The van der Waals surface area contributed by atoms with E-state index in [9.17, 15) is 9.59 Å². The number of nitrogens with zero attached hydrogens (tertiary/aromatic N) is 2. The van der Waals surface area contributed by atoms with Crippen LogP contribution in [0.25, 0.3) is 0 Å². The zero-order valence-corrected chi connectivity index (χ0v) is 15.4. The molecule has 1 aromatic rings. The summed E-state index contributed by atoms with van der Waals surface area (Å²) >= 11 is 12.1. The Morgan fingerprint density at radius 3 is 2.76 bits per heavy atom. The van der Waals surface area contributed by atoms with Crippen molar-refractivity contribution in [3.63, 3.8) is 0 Å². The topological polar surface area (TPSA) is 61.9 Å². The molecule has 3 rings (SSSR count). The fourth-order valence-electron chi connectivity index (χ4n) is 3.12. The minimum absolute atomic E-state index is 0.0887. The number of hydrogen-bond donors (Lipinski definition) is 1. The smallest absolute Gasteiger partial charge is 0.227 e. The summed E-state index contributed by atoms with van der Waals surface area (Å²) in [7, 11) is 0. The molecule has 1 atom stereocenters. The molecule has 2 aliphatic rings. The lowest BCUT2D eigenvalue weighted by molar-refractivity contribution is -0.126. The van der Waals surface area contributed by atoms with Crippen LogP contribution in [0.1, 0.15) is 6.42 Å². The predicted octanol–water partition coefficient (Wildman–Crippen LogP) is 1.79. The highest BCUT2D eigenvalue weighted by Crippen LogP contribution is 2.33. The molecule has 1 unspecified atom stereocenters. The fourth-order valence-corrected chi connectivity index (χ4v) is 3.63. The number of halogens is 2. The summed E-state index contributed by atoms with van der Waals surface area (Å²) in [5.41, 5.74) is 0.597. The molecule has 2 heterocycles. The van der Waals surface area contributed by atoms with Crippen molar-refractivity contribution in [3.05, 3.63) is 28.2 Å². The van der Waals surface area contributed by atoms with E-state index in [2.05, 4.69) is 10.2 Å². The normalized spacial score (nSPS) is 21.6. The monoisotopic (exact) mass is 385 g/mol. The molecule has 0 spiro atoms. The van der Waals surface area contributed by atoms with Gasteiger partial charge in [-0.05, 0) is 18.2 Å². The van der Waals surface area contributed by atoms with Crippen molar-refractivity contribution in [1.82, 2.24) is 10.2 Å². The third-order valence-electron chi connectivity index (χ3n) is 4.53. The van der Waals surface area contributed by atoms with Gasteiger partial charge in [-0.1, -0.05) is 23.2 Å². The Balaban J connectivity index is 1.51. The highest BCUT2D eigenvalue weighted by Gasteiger charge is 2.35. The minimum Gasteiger partial charge on any atom is -0.379 e. The summed E-state index contributed by atoms with van der Waals surface area (Å²) in [5.74, 6) is -0.546. The molecule has 0 aromatic heterocycles. The van der Waals surface area contributed by atoms with Crippen LogP contribution in [0.2, 0.25) is 10.0 Å². The molecule has 0 radical (unpaired) electrons. The molecule has 6 nitrogen and oxygen atoms in total. The van der Waals surface area contributed by atoms with Crippen LogP contribution in [0.5, 0.6) is 0 Å². The molecule has 2 aliphatic heterocycles. The third-order valence-corrected chi connectivity index (χ3v) is 5.07. The largest absolute Gasteiger partial charge is 0.379 e. The van der Waals surface area contributed by atoms with Gasteiger partial charge >= 0.3 is 0 Å². The van der Waals surface area contributed by atoms with E-state index in [1.165, 1.54) is 0 Å². The number of nitrogens with one attached hydrogen (secondary N) is 1. The lowest BCUT2D eigenvalue weighted by Gasteiger charge is -2.26. The van der Waals surface area contributed by atoms with Crippen LogP contribution in [-0.2, 0) is 14.3 Å². The molecule has 136 valence electrons. The number of amides is 2. The fraction of sp³-hybridized carbons (Fsp3) is 0.529. The quantitative estimate of drug-likeness (QED) is 0.839. The van der Waals surface area contributed by atoms with Gasteiger partial charge in [0.1, 0.15) is 0 Å². The predicted molar refractivity (Wildman–Crippen MR) is 97.2 cm³/mol. The Morgan fingerprint density at radius 2 is 2.04 bits per heavy atom. The first-order valence-electron chi connectivity index (χ1n) is 8.38. The summed E-state index contributed by atoms with van der Waals surface area (Å²) in [6.07, 6.45) is 0.197. The number of carbonyl (C=O) groups excluding carboxylic acids is 2. The molecule has 2 saturated heterocycles. The van der Waals surface area contributed by atoms with Gasteiger partial charge in [0.25, 0.3) is 0 Å². The molecular formula is C17H21Cl2N3O3. The molecule has 1 aromatic carbocycles. The van der Waals surface area contributed by atoms with Gasteiger partial charge in [-0.2, -0.15) is 0 Å². The summed E-state index contributed by atoms with van der Waals surface area (Å²) in [5, 5.41) is 3.86. The Labute approximate surface area is 157 Å². The van der Waals surface area contributed by atoms with Gasteiger partial charge in [0.05, 0.1) is 29.8 Å². The number of anilines is 1. The number of carbonyl (C=O) groups is 2. The molecule has 25 heavy (non-hydrogen) atoms. The third kappa shape index (κ3) is 4.64. The maximum Gasteiger partial charge on any atom is 0.227 e. The van der Waals surface area contributed by atoms with E-state index in [0.717, 1.165) is 32.8 Å². The first-order valence-corrected chi connectivity index (χ1v) is 9.13. The van der Waals surface area contributed by atoms with Crippen LogP contribution in [0.15, 0.2) is 18.2 Å². The van der Waals surface area contributed by atoms with E-state index < -0.39 is 0 Å². The van der Waals surface area contributed by atoms with Crippen molar-refractivity contribution in [2.24, 2.45) is 5.92 Å². The van der Waals surface area contributed by atoms with Gasteiger partial charge in [-0.15, -0.1) is 0 Å². The first-order chi connectivity index (χ1) is 12.0. The summed E-state index contributed by atoms with van der Waals surface area (Å²) in [6.45, 7) is 4.96. The molecule has 0 saturated carbocycles. The number of morpholine rings is 1.